The van der Waals surface area contributed by atoms with Crippen molar-refractivity contribution in [3.8, 4) is 22.4 Å². The SMILES string of the molecule is CC(=O)c1c(C)nc2c(c1-c1ccc(C)cc1)C(=O)c1ccccc1-2. The highest BCUT2D eigenvalue weighted by Crippen LogP contribution is 2.42. The molecule has 1 aromatic heterocycles. The third-order valence-electron chi connectivity index (χ3n) is 4.72. The highest BCUT2D eigenvalue weighted by atomic mass is 16.1. The molecule has 1 aliphatic carbocycles. The Hall–Kier alpha value is -3.07. The standard InChI is InChI=1S/C22H17NO2/c1-12-8-10-15(11-9-12)19-18(14(3)24)13(2)23-21-16-6-4-5-7-17(16)22(25)20(19)21/h4-11H,1-3H3. The van der Waals surface area contributed by atoms with Crippen molar-refractivity contribution >= 4 is 11.6 Å². The fourth-order valence-corrected chi connectivity index (χ4v) is 3.58. The number of hydrogen-bond donors (Lipinski definition) is 0. The number of aromatic nitrogens is 1. The van der Waals surface area contributed by atoms with Crippen LogP contribution in [0.25, 0.3) is 22.4 Å². The lowest BCUT2D eigenvalue weighted by atomic mass is 9.90. The zero-order chi connectivity index (χ0) is 17.7. The molecule has 0 radical (unpaired) electrons. The number of carbonyl (C=O) groups is 2. The van der Waals surface area contributed by atoms with E-state index >= 15 is 0 Å². The lowest BCUT2D eigenvalue weighted by molar-refractivity contribution is 0.101. The number of fused-ring (bicyclic) bond motifs is 3. The Morgan fingerprint density at radius 2 is 1.52 bits per heavy atom. The number of ketones is 2. The topological polar surface area (TPSA) is 47.0 Å². The minimum Gasteiger partial charge on any atom is -0.294 e. The van der Waals surface area contributed by atoms with Gasteiger partial charge in [0.2, 0.25) is 0 Å². The second-order valence-electron chi connectivity index (χ2n) is 6.47. The monoisotopic (exact) mass is 327 g/mol. The molecular formula is C22H17NO2. The summed E-state index contributed by atoms with van der Waals surface area (Å²) in [6, 6.07) is 15.4. The molecule has 1 heterocycles. The van der Waals surface area contributed by atoms with Gasteiger partial charge in [-0.3, -0.25) is 14.6 Å². The van der Waals surface area contributed by atoms with Gasteiger partial charge >= 0.3 is 0 Å². The van der Waals surface area contributed by atoms with Gasteiger partial charge in [-0.25, -0.2) is 0 Å². The maximum atomic E-state index is 13.1. The molecule has 122 valence electrons. The van der Waals surface area contributed by atoms with Crippen molar-refractivity contribution in [2.75, 3.05) is 0 Å². The fourth-order valence-electron chi connectivity index (χ4n) is 3.58. The Bertz CT molecular complexity index is 1050. The first-order valence-corrected chi connectivity index (χ1v) is 8.25. The van der Waals surface area contributed by atoms with Crippen LogP contribution < -0.4 is 0 Å². The molecule has 0 saturated carbocycles. The van der Waals surface area contributed by atoms with Gasteiger partial charge in [0.25, 0.3) is 0 Å². The molecule has 2 aromatic carbocycles. The van der Waals surface area contributed by atoms with E-state index in [4.69, 9.17) is 0 Å². The van der Waals surface area contributed by atoms with E-state index in [1.54, 1.807) is 0 Å². The van der Waals surface area contributed by atoms with Crippen molar-refractivity contribution in [1.29, 1.82) is 0 Å². The smallest absolute Gasteiger partial charge is 0.196 e. The van der Waals surface area contributed by atoms with Crippen LogP contribution in [0.5, 0.6) is 0 Å². The Balaban J connectivity index is 2.13. The van der Waals surface area contributed by atoms with E-state index in [-0.39, 0.29) is 11.6 Å². The molecule has 0 atom stereocenters. The average molecular weight is 327 g/mol. The number of nitrogens with zero attached hydrogens (tertiary/aromatic N) is 1. The Morgan fingerprint density at radius 1 is 0.880 bits per heavy atom. The predicted molar refractivity (Wildman–Crippen MR) is 98.0 cm³/mol. The number of Topliss-reactive ketones (excluding diaryl/α,β-unsaturated/α-hetero) is 1. The maximum absolute atomic E-state index is 13.1. The summed E-state index contributed by atoms with van der Waals surface area (Å²) in [5.41, 5.74) is 6.61. The first-order valence-electron chi connectivity index (χ1n) is 8.25. The molecule has 0 saturated heterocycles. The molecule has 3 aromatic rings. The molecule has 3 heteroatoms. The van der Waals surface area contributed by atoms with Gasteiger partial charge in [0.05, 0.1) is 11.3 Å². The number of rotatable bonds is 2. The lowest BCUT2D eigenvalue weighted by Gasteiger charge is -2.15. The van der Waals surface area contributed by atoms with Crippen molar-refractivity contribution in [1.82, 2.24) is 4.98 Å². The summed E-state index contributed by atoms with van der Waals surface area (Å²) in [4.78, 5) is 30.1. The number of hydrogen-bond acceptors (Lipinski definition) is 3. The fraction of sp³-hybridized carbons (Fsp3) is 0.136. The number of aryl methyl sites for hydroxylation is 2. The Kier molecular flexibility index (Phi) is 3.39. The van der Waals surface area contributed by atoms with Crippen LogP contribution in [-0.4, -0.2) is 16.6 Å². The van der Waals surface area contributed by atoms with Crippen LogP contribution >= 0.6 is 0 Å². The highest BCUT2D eigenvalue weighted by molar-refractivity contribution is 6.25. The summed E-state index contributed by atoms with van der Waals surface area (Å²) in [6.45, 7) is 5.37. The Morgan fingerprint density at radius 3 is 2.16 bits per heavy atom. The van der Waals surface area contributed by atoms with E-state index in [0.717, 1.165) is 16.7 Å². The minimum atomic E-state index is -0.0767. The zero-order valence-electron chi connectivity index (χ0n) is 14.4. The predicted octanol–water partition coefficient (Wildman–Crippen LogP) is 4.78. The summed E-state index contributed by atoms with van der Waals surface area (Å²) in [5, 5.41) is 0. The zero-order valence-corrected chi connectivity index (χ0v) is 14.4. The van der Waals surface area contributed by atoms with Gasteiger partial charge in [-0.1, -0.05) is 54.1 Å². The van der Waals surface area contributed by atoms with Crippen molar-refractivity contribution in [2.24, 2.45) is 0 Å². The molecule has 0 bridgehead atoms. The van der Waals surface area contributed by atoms with Crippen molar-refractivity contribution in [2.45, 2.75) is 20.8 Å². The molecule has 4 rings (SSSR count). The molecule has 0 fully saturated rings. The number of benzene rings is 2. The number of pyridine rings is 1. The molecule has 0 amide bonds. The van der Waals surface area contributed by atoms with Crippen molar-refractivity contribution in [3.63, 3.8) is 0 Å². The van der Waals surface area contributed by atoms with Crippen LogP contribution in [0.1, 0.15) is 44.5 Å². The summed E-state index contributed by atoms with van der Waals surface area (Å²) >= 11 is 0. The van der Waals surface area contributed by atoms with E-state index < -0.39 is 0 Å². The van der Waals surface area contributed by atoms with Crippen molar-refractivity contribution in [3.05, 3.63) is 76.5 Å². The van der Waals surface area contributed by atoms with Gasteiger partial charge in [0.15, 0.2) is 11.6 Å². The van der Waals surface area contributed by atoms with Gasteiger partial charge in [-0.2, -0.15) is 0 Å². The summed E-state index contributed by atoms with van der Waals surface area (Å²) in [7, 11) is 0. The highest BCUT2D eigenvalue weighted by Gasteiger charge is 2.33. The Labute approximate surface area is 146 Å². The van der Waals surface area contributed by atoms with Crippen LogP contribution in [0.15, 0.2) is 48.5 Å². The molecule has 0 unspecified atom stereocenters. The minimum absolute atomic E-state index is 0.0591. The normalized spacial score (nSPS) is 12.0. The molecular weight excluding hydrogens is 310 g/mol. The average Bonchev–Trinajstić information content (AvgIpc) is 2.87. The quantitative estimate of drug-likeness (QED) is 0.498. The van der Waals surface area contributed by atoms with E-state index in [2.05, 4.69) is 4.98 Å². The van der Waals surface area contributed by atoms with Gasteiger partial charge in [0.1, 0.15) is 0 Å². The van der Waals surface area contributed by atoms with E-state index in [0.29, 0.717) is 33.6 Å². The molecule has 0 spiro atoms. The third kappa shape index (κ3) is 2.23. The van der Waals surface area contributed by atoms with Crippen LogP contribution in [0.2, 0.25) is 0 Å². The largest absolute Gasteiger partial charge is 0.294 e. The second kappa shape index (κ2) is 5.49. The summed E-state index contributed by atoms with van der Waals surface area (Å²) < 4.78 is 0. The second-order valence-corrected chi connectivity index (χ2v) is 6.47. The molecule has 0 N–H and O–H groups in total. The van der Waals surface area contributed by atoms with Gasteiger partial charge in [-0.05, 0) is 26.3 Å². The number of carbonyl (C=O) groups excluding carboxylic acids is 2. The lowest BCUT2D eigenvalue weighted by Crippen LogP contribution is -2.09. The molecule has 1 aliphatic rings. The van der Waals surface area contributed by atoms with Gasteiger partial charge in [0, 0.05) is 27.9 Å². The summed E-state index contributed by atoms with van der Waals surface area (Å²) in [6.07, 6.45) is 0. The summed E-state index contributed by atoms with van der Waals surface area (Å²) in [5.74, 6) is -0.136. The van der Waals surface area contributed by atoms with E-state index in [1.165, 1.54) is 6.92 Å². The molecule has 25 heavy (non-hydrogen) atoms. The van der Waals surface area contributed by atoms with Gasteiger partial charge < -0.3 is 0 Å². The van der Waals surface area contributed by atoms with Crippen LogP contribution in [0, 0.1) is 13.8 Å². The van der Waals surface area contributed by atoms with Crippen LogP contribution in [0.3, 0.4) is 0 Å². The first-order chi connectivity index (χ1) is 12.0. The van der Waals surface area contributed by atoms with E-state index in [1.807, 2.05) is 62.4 Å². The van der Waals surface area contributed by atoms with Crippen LogP contribution in [-0.2, 0) is 0 Å². The molecule has 0 aliphatic heterocycles. The van der Waals surface area contributed by atoms with Crippen molar-refractivity contribution < 1.29 is 9.59 Å². The van der Waals surface area contributed by atoms with Crippen LogP contribution in [0.4, 0.5) is 0 Å². The molecule has 3 nitrogen and oxygen atoms in total. The van der Waals surface area contributed by atoms with Gasteiger partial charge in [-0.15, -0.1) is 0 Å². The maximum Gasteiger partial charge on any atom is 0.196 e. The van der Waals surface area contributed by atoms with E-state index in [9.17, 15) is 9.59 Å². The first kappa shape index (κ1) is 15.5. The third-order valence-corrected chi connectivity index (χ3v) is 4.72.